The molecule has 1 aromatic rings. The zero-order valence-corrected chi connectivity index (χ0v) is 41.6. The van der Waals surface area contributed by atoms with Crippen LogP contribution in [-0.2, 0) is 6.42 Å². The lowest BCUT2D eigenvalue weighted by Gasteiger charge is -2.09. The van der Waals surface area contributed by atoms with Crippen molar-refractivity contribution in [3.63, 3.8) is 0 Å². The minimum absolute atomic E-state index is 0.904. The third-order valence-corrected chi connectivity index (χ3v) is 14.9. The monoisotopic (exact) mass is 842 g/mol. The molecule has 1 rings (SSSR count). The highest BCUT2D eigenvalue weighted by Gasteiger charge is 2.04. The van der Waals surface area contributed by atoms with Crippen LogP contribution in [0, 0.1) is 6.92 Å². The summed E-state index contributed by atoms with van der Waals surface area (Å²) in [5.74, 6) is 2.53. The van der Waals surface area contributed by atoms with Crippen LogP contribution in [0.3, 0.4) is 0 Å². The highest BCUT2D eigenvalue weighted by Crippen LogP contribution is 2.29. The maximum Gasteiger partial charge on any atom is 0.00858 e. The van der Waals surface area contributed by atoms with E-state index in [0.717, 1.165) is 6.42 Å². The average molecular weight is 843 g/mol. The van der Waals surface area contributed by atoms with Crippen LogP contribution in [0.4, 0.5) is 0 Å². The first-order valence-corrected chi connectivity index (χ1v) is 29.0. The van der Waals surface area contributed by atoms with Crippen LogP contribution in [0.2, 0.25) is 0 Å². The van der Waals surface area contributed by atoms with E-state index in [4.69, 9.17) is 0 Å². The Morgan fingerprint density at radius 3 is 0.655 bits per heavy atom. The first-order valence-electron chi connectivity index (χ1n) is 27.0. The van der Waals surface area contributed by atoms with Crippen LogP contribution in [0.5, 0.6) is 0 Å². The highest BCUT2D eigenvalue weighted by atomic mass is 32.2. The van der Waals surface area contributed by atoms with E-state index < -0.39 is 0 Å². The van der Waals surface area contributed by atoms with E-state index in [0.29, 0.717) is 0 Å². The number of benzene rings is 1. The van der Waals surface area contributed by atoms with Gasteiger partial charge in [-0.05, 0) is 61.5 Å². The van der Waals surface area contributed by atoms with Crippen molar-refractivity contribution in [3.8, 4) is 0 Å². The van der Waals surface area contributed by atoms with Gasteiger partial charge in [-0.2, -0.15) is 0 Å². The molecule has 2 heteroatoms. The maximum atomic E-state index is 4.21. The van der Waals surface area contributed by atoms with Gasteiger partial charge in [0.15, 0.2) is 0 Å². The van der Waals surface area contributed by atoms with Crippen molar-refractivity contribution in [2.75, 3.05) is 11.5 Å². The second-order valence-electron chi connectivity index (χ2n) is 18.6. The molecule has 0 aliphatic heterocycles. The predicted molar refractivity (Wildman–Crippen MR) is 271 cm³/mol. The number of hydrogen-bond donors (Lipinski definition) is 0. The van der Waals surface area contributed by atoms with Gasteiger partial charge in [0.05, 0.1) is 0 Å². The Balaban J connectivity index is 1.86. The van der Waals surface area contributed by atoms with Crippen molar-refractivity contribution < 1.29 is 0 Å². The van der Waals surface area contributed by atoms with Crippen molar-refractivity contribution >= 4 is 23.5 Å². The van der Waals surface area contributed by atoms with Crippen LogP contribution in [0.15, 0.2) is 28.0 Å². The third kappa shape index (κ3) is 41.3. The summed E-state index contributed by atoms with van der Waals surface area (Å²) in [6.07, 6.45) is 65.0. The molecule has 0 amide bonds. The number of rotatable bonds is 49. The van der Waals surface area contributed by atoms with Gasteiger partial charge in [0, 0.05) is 9.79 Å². The quantitative estimate of drug-likeness (QED) is 0.0473. The molecule has 1 radical (unpaired) electrons. The molecule has 0 aliphatic carbocycles. The fourth-order valence-corrected chi connectivity index (χ4v) is 10.9. The van der Waals surface area contributed by atoms with E-state index in [9.17, 15) is 0 Å². The van der Waals surface area contributed by atoms with E-state index in [1.165, 1.54) is 309 Å². The molecule has 0 atom stereocenters. The first kappa shape index (κ1) is 55.9. The van der Waals surface area contributed by atoms with E-state index >= 15 is 0 Å². The van der Waals surface area contributed by atoms with Crippen molar-refractivity contribution in [1.29, 1.82) is 0 Å². The van der Waals surface area contributed by atoms with Crippen molar-refractivity contribution in [1.82, 2.24) is 0 Å². The fraction of sp³-hybridized carbons (Fsp3) is 0.875. The molecule has 0 aliphatic rings. The van der Waals surface area contributed by atoms with Gasteiger partial charge in [0.25, 0.3) is 0 Å². The molecule has 0 aromatic heterocycles. The molecule has 0 unspecified atom stereocenters. The summed E-state index contributed by atoms with van der Waals surface area (Å²) < 4.78 is 0. The Labute approximate surface area is 376 Å². The Hall–Kier alpha value is -0.0800. The highest BCUT2D eigenvalue weighted by molar-refractivity contribution is 8.00. The van der Waals surface area contributed by atoms with Gasteiger partial charge in [0.1, 0.15) is 0 Å². The molecule has 341 valence electrons. The number of thioether (sulfide) groups is 2. The smallest absolute Gasteiger partial charge is 0.00858 e. The molecule has 0 fully saturated rings. The van der Waals surface area contributed by atoms with Gasteiger partial charge >= 0.3 is 0 Å². The minimum Gasteiger partial charge on any atom is -0.126 e. The average Bonchev–Trinajstić information content (AvgIpc) is 3.24. The van der Waals surface area contributed by atoms with E-state index in [1.54, 1.807) is 0 Å². The van der Waals surface area contributed by atoms with Gasteiger partial charge in [-0.15, -0.1) is 23.5 Å². The molecular formula is C56H105S2. The molecule has 0 saturated carbocycles. The Morgan fingerprint density at radius 2 is 0.466 bits per heavy atom. The minimum atomic E-state index is 0.904. The molecule has 0 N–H and O–H groups in total. The van der Waals surface area contributed by atoms with E-state index in [1.807, 2.05) is 0 Å². The van der Waals surface area contributed by atoms with Gasteiger partial charge in [-0.3, -0.25) is 0 Å². The number of hydrogen-bond acceptors (Lipinski definition) is 2. The standard InChI is InChI=1S/C56H105S2/c1-4-7-9-11-13-15-17-19-21-23-25-27-29-31-33-35-37-39-41-43-45-47-49-57-55-51-54(6-3)52-56(53-55)58-50-48-46-44-42-40-38-36-34-32-30-28-26-24-22-20-18-16-14-12-10-8-5-2/h51-53H,3-50H2,1-2H3. The lowest BCUT2D eigenvalue weighted by molar-refractivity contribution is 0.520. The van der Waals surface area contributed by atoms with Gasteiger partial charge in [0.2, 0.25) is 0 Å². The van der Waals surface area contributed by atoms with Gasteiger partial charge in [-0.25, -0.2) is 0 Å². The summed E-state index contributed by atoms with van der Waals surface area (Å²) in [7, 11) is 0. The van der Waals surface area contributed by atoms with Gasteiger partial charge < -0.3 is 0 Å². The Kier molecular flexibility index (Phi) is 46.3. The molecule has 58 heavy (non-hydrogen) atoms. The predicted octanol–water partition coefficient (Wildman–Crippen LogP) is 21.5. The Bertz CT molecular complexity index is 842. The lowest BCUT2D eigenvalue weighted by atomic mass is 10.0. The molecule has 0 bridgehead atoms. The molecule has 0 spiro atoms. The van der Waals surface area contributed by atoms with Crippen LogP contribution < -0.4 is 0 Å². The largest absolute Gasteiger partial charge is 0.126 e. The fourth-order valence-electron chi connectivity index (χ4n) is 8.74. The van der Waals surface area contributed by atoms with Gasteiger partial charge in [-0.1, -0.05) is 284 Å². The van der Waals surface area contributed by atoms with E-state index in [-0.39, 0.29) is 0 Å². The third-order valence-electron chi connectivity index (χ3n) is 12.8. The van der Waals surface area contributed by atoms with E-state index in [2.05, 4.69) is 62.5 Å². The molecular weight excluding hydrogens is 737 g/mol. The van der Waals surface area contributed by atoms with Crippen LogP contribution in [-0.4, -0.2) is 11.5 Å². The van der Waals surface area contributed by atoms with Crippen LogP contribution >= 0.6 is 23.5 Å². The maximum absolute atomic E-state index is 4.21. The summed E-state index contributed by atoms with van der Waals surface area (Å²) in [4.78, 5) is 2.95. The topological polar surface area (TPSA) is 0 Å². The summed E-state index contributed by atoms with van der Waals surface area (Å²) in [6.45, 7) is 8.83. The van der Waals surface area contributed by atoms with Crippen LogP contribution in [0.1, 0.15) is 302 Å². The molecule has 0 nitrogen and oxygen atoms in total. The molecule has 0 saturated heterocycles. The zero-order chi connectivity index (χ0) is 41.5. The Morgan fingerprint density at radius 1 is 0.276 bits per heavy atom. The second kappa shape index (κ2) is 48.0. The second-order valence-corrected chi connectivity index (χ2v) is 20.9. The molecule has 0 heterocycles. The lowest BCUT2D eigenvalue weighted by Crippen LogP contribution is -1.88. The molecule has 1 aromatic carbocycles. The van der Waals surface area contributed by atoms with Crippen molar-refractivity contribution in [2.24, 2.45) is 0 Å². The first-order chi connectivity index (χ1) is 28.8. The van der Waals surface area contributed by atoms with Crippen molar-refractivity contribution in [3.05, 3.63) is 30.7 Å². The zero-order valence-electron chi connectivity index (χ0n) is 40.0. The summed E-state index contributed by atoms with van der Waals surface area (Å²) in [5, 5.41) is 0. The summed E-state index contributed by atoms with van der Waals surface area (Å²) >= 11 is 4.17. The van der Waals surface area contributed by atoms with Crippen LogP contribution in [0.25, 0.3) is 0 Å². The SMILES string of the molecule is [CH2]Cc1cc(SCCCCCCCCCCCCCCCCCCCCCCCC)cc(SCCCCCCCCCCCCCCCCCCCCCCCC)c1. The van der Waals surface area contributed by atoms with Crippen molar-refractivity contribution in [2.45, 2.75) is 313 Å². The summed E-state index contributed by atoms with van der Waals surface area (Å²) in [5.41, 5.74) is 1.41. The summed E-state index contributed by atoms with van der Waals surface area (Å²) in [6, 6.07) is 7.27. The number of unbranched alkanes of at least 4 members (excludes halogenated alkanes) is 42. The normalized spacial score (nSPS) is 11.6.